The third-order valence-electron chi connectivity index (χ3n) is 5.77. The van der Waals surface area contributed by atoms with E-state index in [2.05, 4.69) is 30.5 Å². The fourth-order valence-electron chi connectivity index (χ4n) is 3.87. The molecule has 1 fully saturated rings. The van der Waals surface area contributed by atoms with Gasteiger partial charge in [0.05, 0.1) is 22.8 Å². The molecular weight excluding hydrogens is 531 g/mol. The molecule has 14 heteroatoms. The van der Waals surface area contributed by atoms with Gasteiger partial charge in [0, 0.05) is 17.8 Å². The van der Waals surface area contributed by atoms with Crippen molar-refractivity contribution in [1.29, 1.82) is 0 Å². The molecule has 37 heavy (non-hydrogen) atoms. The second kappa shape index (κ2) is 11.0. The predicted molar refractivity (Wildman–Crippen MR) is 133 cm³/mol. The van der Waals surface area contributed by atoms with Crippen LogP contribution >= 0.6 is 22.9 Å². The normalized spacial score (nSPS) is 14.9. The number of nitrogen functional groups attached to an aromatic ring is 1. The van der Waals surface area contributed by atoms with Gasteiger partial charge in [-0.1, -0.05) is 11.6 Å². The number of carbonyl (C=O) groups excluding carboxylic acids is 2. The number of aromatic nitrogens is 3. The van der Waals surface area contributed by atoms with Crippen LogP contribution in [0.2, 0.25) is 5.02 Å². The second-order valence-electron chi connectivity index (χ2n) is 8.47. The molecule has 1 saturated heterocycles. The lowest BCUT2D eigenvalue weighted by molar-refractivity contribution is -0.137. The molecule has 3 aromatic rings. The lowest BCUT2D eigenvalue weighted by Crippen LogP contribution is -2.30. The lowest BCUT2D eigenvalue weighted by Gasteiger charge is -2.18. The first-order valence-corrected chi connectivity index (χ1v) is 12.5. The van der Waals surface area contributed by atoms with Crippen LogP contribution in [0.3, 0.4) is 0 Å². The molecule has 3 heterocycles. The summed E-state index contributed by atoms with van der Waals surface area (Å²) in [6, 6.07) is 2.52. The molecule has 1 aliphatic rings. The maximum Gasteiger partial charge on any atom is 0.417 e. The number of nitrogens with two attached hydrogens (primary N) is 1. The first-order chi connectivity index (χ1) is 17.5. The molecule has 1 atom stereocenters. The summed E-state index contributed by atoms with van der Waals surface area (Å²) in [6.45, 7) is 3.97. The first-order valence-electron chi connectivity index (χ1n) is 11.3. The number of carbonyl (C=O) groups is 2. The van der Waals surface area contributed by atoms with E-state index < -0.39 is 34.6 Å². The smallest absolute Gasteiger partial charge is 0.383 e. The summed E-state index contributed by atoms with van der Waals surface area (Å²) in [4.78, 5) is 40.3. The Bertz CT molecular complexity index is 1310. The van der Waals surface area contributed by atoms with E-state index in [-0.39, 0.29) is 22.1 Å². The number of hydrogen-bond donors (Lipinski definition) is 3. The van der Waals surface area contributed by atoms with E-state index in [0.717, 1.165) is 49.4 Å². The molecule has 0 aliphatic carbocycles. The topological polar surface area (TPSA) is 126 Å². The summed E-state index contributed by atoms with van der Waals surface area (Å²) in [7, 11) is 0. The standard InChI is InChI=1S/C23H23ClF3N7O2S/c1-12(32-21(36)18-14(19(28)31-11-30-18)10-34-6-2-3-7-34)22-29-9-17(37-22)20(35)33-13-4-5-16(24)15(8-13)23(25,26)27/h4-5,8-9,11-12H,2-3,6-7,10H2,1H3,(H,32,36)(H,33,35)(H2,28,30,31)/t12-/m0/s1. The van der Waals surface area contributed by atoms with E-state index in [1.165, 1.54) is 18.6 Å². The number of likely N-dealkylation sites (tertiary alicyclic amines) is 1. The summed E-state index contributed by atoms with van der Waals surface area (Å²) in [5.74, 6) is -0.865. The van der Waals surface area contributed by atoms with Gasteiger partial charge >= 0.3 is 6.18 Å². The quantitative estimate of drug-likeness (QED) is 0.392. The Labute approximate surface area is 219 Å². The van der Waals surface area contributed by atoms with Crippen LogP contribution < -0.4 is 16.4 Å². The Balaban J connectivity index is 1.44. The molecule has 2 amide bonds. The number of amides is 2. The highest BCUT2D eigenvalue weighted by molar-refractivity contribution is 7.13. The fraction of sp³-hybridized carbons (Fsp3) is 0.348. The van der Waals surface area contributed by atoms with Crippen LogP contribution in [0.25, 0.3) is 0 Å². The number of nitrogens with one attached hydrogen (secondary N) is 2. The van der Waals surface area contributed by atoms with E-state index >= 15 is 0 Å². The highest BCUT2D eigenvalue weighted by Gasteiger charge is 2.33. The van der Waals surface area contributed by atoms with Crippen molar-refractivity contribution >= 4 is 46.3 Å². The zero-order valence-electron chi connectivity index (χ0n) is 19.6. The number of hydrogen-bond acceptors (Lipinski definition) is 8. The summed E-state index contributed by atoms with van der Waals surface area (Å²) in [5.41, 5.74) is 5.64. The third-order valence-corrected chi connectivity index (χ3v) is 7.28. The molecule has 0 bridgehead atoms. The van der Waals surface area contributed by atoms with E-state index in [1.54, 1.807) is 6.92 Å². The Morgan fingerprint density at radius 3 is 2.62 bits per heavy atom. The molecule has 1 aromatic carbocycles. The molecular formula is C23H23ClF3N7O2S. The molecule has 4 N–H and O–H groups in total. The van der Waals surface area contributed by atoms with Crippen LogP contribution in [0.15, 0.2) is 30.7 Å². The lowest BCUT2D eigenvalue weighted by atomic mass is 10.1. The zero-order chi connectivity index (χ0) is 26.7. The first kappa shape index (κ1) is 26.8. The van der Waals surface area contributed by atoms with Crippen LogP contribution in [-0.4, -0.2) is 44.8 Å². The van der Waals surface area contributed by atoms with Gasteiger partial charge in [0.1, 0.15) is 27.7 Å². The van der Waals surface area contributed by atoms with Gasteiger partial charge in [-0.3, -0.25) is 14.5 Å². The number of benzene rings is 1. The largest absolute Gasteiger partial charge is 0.417 e. The van der Waals surface area contributed by atoms with Crippen molar-refractivity contribution in [2.75, 3.05) is 24.1 Å². The van der Waals surface area contributed by atoms with Gasteiger partial charge in [-0.05, 0) is 51.1 Å². The molecule has 0 unspecified atom stereocenters. The highest BCUT2D eigenvalue weighted by Crippen LogP contribution is 2.36. The maximum atomic E-state index is 13.1. The Morgan fingerprint density at radius 2 is 1.92 bits per heavy atom. The predicted octanol–water partition coefficient (Wildman–Crippen LogP) is 4.53. The average molecular weight is 554 g/mol. The van der Waals surface area contributed by atoms with Gasteiger partial charge in [-0.15, -0.1) is 11.3 Å². The van der Waals surface area contributed by atoms with E-state index in [0.29, 0.717) is 17.1 Å². The zero-order valence-corrected chi connectivity index (χ0v) is 21.2. The number of alkyl halides is 3. The monoisotopic (exact) mass is 553 g/mol. The summed E-state index contributed by atoms with van der Waals surface area (Å²) in [5, 5.41) is 5.18. The number of rotatable bonds is 7. The molecule has 4 rings (SSSR count). The van der Waals surface area contributed by atoms with Crippen molar-refractivity contribution in [2.45, 2.75) is 38.5 Å². The van der Waals surface area contributed by atoms with Crippen molar-refractivity contribution in [3.05, 3.63) is 62.5 Å². The van der Waals surface area contributed by atoms with Crippen molar-refractivity contribution in [1.82, 2.24) is 25.2 Å². The van der Waals surface area contributed by atoms with Gasteiger partial charge in [-0.2, -0.15) is 13.2 Å². The van der Waals surface area contributed by atoms with Gasteiger partial charge in [0.25, 0.3) is 11.8 Å². The Morgan fingerprint density at radius 1 is 1.19 bits per heavy atom. The number of nitrogens with zero attached hydrogens (tertiary/aromatic N) is 4. The van der Waals surface area contributed by atoms with Crippen molar-refractivity contribution in [3.8, 4) is 0 Å². The average Bonchev–Trinajstić information content (AvgIpc) is 3.53. The van der Waals surface area contributed by atoms with E-state index in [4.69, 9.17) is 17.3 Å². The molecule has 9 nitrogen and oxygen atoms in total. The minimum Gasteiger partial charge on any atom is -0.383 e. The van der Waals surface area contributed by atoms with Gasteiger partial charge in [0.15, 0.2) is 0 Å². The molecule has 2 aromatic heterocycles. The maximum absolute atomic E-state index is 13.1. The van der Waals surface area contributed by atoms with Gasteiger partial charge < -0.3 is 16.4 Å². The number of anilines is 2. The van der Waals surface area contributed by atoms with Crippen LogP contribution in [0, 0.1) is 0 Å². The van der Waals surface area contributed by atoms with Crippen LogP contribution in [0.1, 0.15) is 62.1 Å². The van der Waals surface area contributed by atoms with Crippen LogP contribution in [0.4, 0.5) is 24.7 Å². The van der Waals surface area contributed by atoms with Crippen LogP contribution in [-0.2, 0) is 12.7 Å². The molecule has 1 aliphatic heterocycles. The SMILES string of the molecule is C[C@H](NC(=O)c1ncnc(N)c1CN1CCCC1)c1ncc(C(=O)Nc2ccc(Cl)c(C(F)(F)F)c2)s1. The summed E-state index contributed by atoms with van der Waals surface area (Å²) in [6.07, 6.45) is 0.0162. The molecule has 0 saturated carbocycles. The number of halogens is 4. The Kier molecular flexibility index (Phi) is 7.95. The minimum absolute atomic E-state index is 0.0649. The van der Waals surface area contributed by atoms with Crippen molar-refractivity contribution in [3.63, 3.8) is 0 Å². The fourth-order valence-corrected chi connectivity index (χ4v) is 4.91. The van der Waals surface area contributed by atoms with E-state index in [9.17, 15) is 22.8 Å². The molecule has 196 valence electrons. The third kappa shape index (κ3) is 6.35. The van der Waals surface area contributed by atoms with Gasteiger partial charge in [-0.25, -0.2) is 15.0 Å². The van der Waals surface area contributed by atoms with Crippen molar-refractivity contribution in [2.24, 2.45) is 0 Å². The summed E-state index contributed by atoms with van der Waals surface area (Å²) >= 11 is 6.63. The number of thiazole rings is 1. The van der Waals surface area contributed by atoms with Gasteiger partial charge in [0.2, 0.25) is 0 Å². The highest BCUT2D eigenvalue weighted by atomic mass is 35.5. The van der Waals surface area contributed by atoms with Crippen molar-refractivity contribution < 1.29 is 22.8 Å². The van der Waals surface area contributed by atoms with E-state index in [1.807, 2.05) is 0 Å². The minimum atomic E-state index is -4.66. The van der Waals surface area contributed by atoms with Crippen LogP contribution in [0.5, 0.6) is 0 Å². The second-order valence-corrected chi connectivity index (χ2v) is 9.94. The Hall–Kier alpha value is -3.29. The molecule has 0 radical (unpaired) electrons. The molecule has 0 spiro atoms. The summed E-state index contributed by atoms with van der Waals surface area (Å²) < 4.78 is 39.3.